The van der Waals surface area contributed by atoms with Gasteiger partial charge in [0.1, 0.15) is 0 Å². The summed E-state index contributed by atoms with van der Waals surface area (Å²) in [4.78, 5) is 0. The molecule has 0 spiro atoms. The van der Waals surface area contributed by atoms with E-state index in [1.807, 2.05) is 0 Å². The van der Waals surface area contributed by atoms with E-state index >= 15 is 0 Å². The van der Waals surface area contributed by atoms with E-state index in [9.17, 15) is 0 Å². The van der Waals surface area contributed by atoms with Crippen LogP contribution in [0.5, 0.6) is 0 Å². The predicted molar refractivity (Wildman–Crippen MR) is 130 cm³/mol. The summed E-state index contributed by atoms with van der Waals surface area (Å²) >= 11 is 0. The van der Waals surface area contributed by atoms with Crippen molar-refractivity contribution in [2.45, 2.75) is 71.6 Å². The molecule has 2 aliphatic rings. The molecular formula is C30H36. The Bertz CT molecular complexity index is 1050. The second kappa shape index (κ2) is 7.56. The van der Waals surface area contributed by atoms with Crippen LogP contribution in [0, 0.1) is 24.7 Å². The van der Waals surface area contributed by atoms with E-state index < -0.39 is 0 Å². The molecule has 0 aliphatic heterocycles. The lowest BCUT2D eigenvalue weighted by molar-refractivity contribution is 0.0775. The molecule has 0 amide bonds. The van der Waals surface area contributed by atoms with Crippen molar-refractivity contribution in [1.29, 1.82) is 0 Å². The summed E-state index contributed by atoms with van der Waals surface area (Å²) in [6.07, 6.45) is 8.19. The van der Waals surface area contributed by atoms with E-state index in [-0.39, 0.29) is 0 Å². The minimum Gasteiger partial charge on any atom is -0.0625 e. The zero-order chi connectivity index (χ0) is 20.9. The second-order valence-electron chi connectivity index (χ2n) is 10.7. The van der Waals surface area contributed by atoms with E-state index in [0.29, 0.717) is 5.41 Å². The number of benzene rings is 3. The minimum atomic E-state index is 0.398. The Labute approximate surface area is 182 Å². The van der Waals surface area contributed by atoms with Crippen LogP contribution < -0.4 is 0 Å². The highest BCUT2D eigenvalue weighted by Gasteiger charge is 2.45. The van der Waals surface area contributed by atoms with Gasteiger partial charge >= 0.3 is 0 Å². The third kappa shape index (κ3) is 3.49. The number of hydrogen-bond acceptors (Lipinski definition) is 0. The standard InChI is InChI=1S/C30H36/c1-5-24-8-9-28(27-11-10-25-14-20(2)6-7-26(25)15-27)16-29(24)30-17-21(3)12-23(19-30)13-22(4)18-30/h6-11,14-16,21-23H,5,12-13,17-19H2,1-4H3. The van der Waals surface area contributed by atoms with Gasteiger partial charge in [0.15, 0.2) is 0 Å². The van der Waals surface area contributed by atoms with Gasteiger partial charge in [0, 0.05) is 0 Å². The van der Waals surface area contributed by atoms with Crippen molar-refractivity contribution >= 4 is 10.8 Å². The Hall–Kier alpha value is -2.08. The maximum Gasteiger partial charge on any atom is -0.00363 e. The van der Waals surface area contributed by atoms with Crippen LogP contribution >= 0.6 is 0 Å². The largest absolute Gasteiger partial charge is 0.0625 e. The molecule has 2 saturated carbocycles. The zero-order valence-corrected chi connectivity index (χ0v) is 19.2. The Morgan fingerprint density at radius 2 is 1.40 bits per heavy atom. The first-order chi connectivity index (χ1) is 14.5. The maximum atomic E-state index is 2.58. The van der Waals surface area contributed by atoms with E-state index in [1.165, 1.54) is 59.6 Å². The Morgan fingerprint density at radius 1 is 0.767 bits per heavy atom. The third-order valence-corrected chi connectivity index (χ3v) is 8.02. The van der Waals surface area contributed by atoms with E-state index in [0.717, 1.165) is 24.2 Å². The van der Waals surface area contributed by atoms with Gasteiger partial charge in [0.2, 0.25) is 0 Å². The lowest BCUT2D eigenvalue weighted by Gasteiger charge is -2.51. The average Bonchev–Trinajstić information content (AvgIpc) is 2.71. The first-order valence-electron chi connectivity index (χ1n) is 12.1. The quantitative estimate of drug-likeness (QED) is 0.416. The molecule has 156 valence electrons. The van der Waals surface area contributed by atoms with Crippen molar-refractivity contribution in [1.82, 2.24) is 0 Å². The minimum absolute atomic E-state index is 0.398. The van der Waals surface area contributed by atoms with Gasteiger partial charge in [-0.25, -0.2) is 0 Å². The summed E-state index contributed by atoms with van der Waals surface area (Å²) in [7, 11) is 0. The topological polar surface area (TPSA) is 0 Å². The molecule has 5 rings (SSSR count). The zero-order valence-electron chi connectivity index (χ0n) is 19.2. The van der Waals surface area contributed by atoms with Crippen LogP contribution in [0.2, 0.25) is 0 Å². The monoisotopic (exact) mass is 396 g/mol. The predicted octanol–water partition coefficient (Wildman–Crippen LogP) is 8.48. The summed E-state index contributed by atoms with van der Waals surface area (Å²) in [5, 5.41) is 2.68. The molecule has 2 unspecified atom stereocenters. The van der Waals surface area contributed by atoms with Crippen LogP contribution in [0.1, 0.15) is 69.6 Å². The molecule has 0 saturated heterocycles. The third-order valence-electron chi connectivity index (χ3n) is 8.02. The number of fused-ring (bicyclic) bond motifs is 3. The molecule has 0 heterocycles. The smallest absolute Gasteiger partial charge is 0.00363 e. The van der Waals surface area contributed by atoms with Crippen molar-refractivity contribution in [3.8, 4) is 11.1 Å². The molecule has 3 aromatic carbocycles. The maximum absolute atomic E-state index is 2.58. The van der Waals surface area contributed by atoms with Gasteiger partial charge in [-0.05, 0) is 108 Å². The fourth-order valence-corrected chi connectivity index (χ4v) is 7.14. The Morgan fingerprint density at radius 3 is 2.13 bits per heavy atom. The lowest BCUT2D eigenvalue weighted by Crippen LogP contribution is -2.42. The molecule has 0 aromatic heterocycles. The first-order valence-corrected chi connectivity index (χ1v) is 12.1. The van der Waals surface area contributed by atoms with Crippen molar-refractivity contribution < 1.29 is 0 Å². The molecule has 2 atom stereocenters. The molecule has 2 bridgehead atoms. The van der Waals surface area contributed by atoms with Gasteiger partial charge in [-0.2, -0.15) is 0 Å². The molecule has 3 aromatic rings. The van der Waals surface area contributed by atoms with Crippen LogP contribution in [-0.2, 0) is 11.8 Å². The Kier molecular flexibility index (Phi) is 5.00. The van der Waals surface area contributed by atoms with Crippen molar-refractivity contribution in [2.24, 2.45) is 17.8 Å². The summed E-state index contributed by atoms with van der Waals surface area (Å²) in [5.41, 5.74) is 7.74. The molecule has 30 heavy (non-hydrogen) atoms. The number of aryl methyl sites for hydroxylation is 2. The summed E-state index contributed by atoms with van der Waals surface area (Å²) in [5.74, 6) is 2.64. The van der Waals surface area contributed by atoms with E-state index in [1.54, 1.807) is 11.1 Å². The number of rotatable bonds is 3. The van der Waals surface area contributed by atoms with E-state index in [2.05, 4.69) is 82.3 Å². The van der Waals surface area contributed by atoms with Gasteiger partial charge < -0.3 is 0 Å². The fourth-order valence-electron chi connectivity index (χ4n) is 7.14. The van der Waals surface area contributed by atoms with Crippen LogP contribution in [-0.4, -0.2) is 0 Å². The highest BCUT2D eigenvalue weighted by atomic mass is 14.5. The second-order valence-corrected chi connectivity index (χ2v) is 10.7. The molecule has 2 aliphatic carbocycles. The van der Waals surface area contributed by atoms with Crippen LogP contribution in [0.4, 0.5) is 0 Å². The Balaban J connectivity index is 1.61. The van der Waals surface area contributed by atoms with Crippen molar-refractivity contribution in [3.05, 3.63) is 71.3 Å². The van der Waals surface area contributed by atoms with Gasteiger partial charge in [0.25, 0.3) is 0 Å². The SMILES string of the molecule is CCc1ccc(-c2ccc3cc(C)ccc3c2)cc1C12CC(C)CC(CC(C)C1)C2. The van der Waals surface area contributed by atoms with Gasteiger partial charge in [0.05, 0.1) is 0 Å². The molecular weight excluding hydrogens is 360 g/mol. The number of hydrogen-bond donors (Lipinski definition) is 0. The highest BCUT2D eigenvalue weighted by Crippen LogP contribution is 2.55. The van der Waals surface area contributed by atoms with Gasteiger partial charge in [-0.1, -0.05) is 74.9 Å². The molecule has 2 fully saturated rings. The van der Waals surface area contributed by atoms with Gasteiger partial charge in [-0.15, -0.1) is 0 Å². The summed E-state index contributed by atoms with van der Waals surface area (Å²) < 4.78 is 0. The first kappa shape index (κ1) is 19.9. The average molecular weight is 397 g/mol. The molecule has 0 radical (unpaired) electrons. The van der Waals surface area contributed by atoms with Crippen molar-refractivity contribution in [3.63, 3.8) is 0 Å². The van der Waals surface area contributed by atoms with E-state index in [4.69, 9.17) is 0 Å². The van der Waals surface area contributed by atoms with Crippen molar-refractivity contribution in [2.75, 3.05) is 0 Å². The van der Waals surface area contributed by atoms with Crippen LogP contribution in [0.15, 0.2) is 54.6 Å². The highest BCUT2D eigenvalue weighted by molar-refractivity contribution is 5.88. The lowest BCUT2D eigenvalue weighted by atomic mass is 9.54. The van der Waals surface area contributed by atoms with Crippen LogP contribution in [0.3, 0.4) is 0 Å². The fraction of sp³-hybridized carbons (Fsp3) is 0.467. The molecule has 0 N–H and O–H groups in total. The van der Waals surface area contributed by atoms with Crippen LogP contribution in [0.25, 0.3) is 21.9 Å². The molecule has 0 nitrogen and oxygen atoms in total. The summed E-state index contributed by atoms with van der Waals surface area (Å²) in [6.45, 7) is 9.50. The molecule has 0 heteroatoms. The normalized spacial score (nSPS) is 28.6. The summed E-state index contributed by atoms with van der Waals surface area (Å²) in [6, 6.07) is 21.2. The van der Waals surface area contributed by atoms with Gasteiger partial charge in [-0.3, -0.25) is 0 Å².